The van der Waals surface area contributed by atoms with E-state index in [2.05, 4.69) is 6.58 Å². The molecular formula is C13H12O3. The van der Waals surface area contributed by atoms with Crippen LogP contribution in [0.1, 0.15) is 18.1 Å². The second kappa shape index (κ2) is 3.85. The third kappa shape index (κ3) is 1.50. The standard InChI is InChI=1S/C13H12O3/c1-3-10-12(15)5-4-11-8(2)6-9(7-14)16-13(10)11/h3-7,9,15H,1H2,2H3. The van der Waals surface area contributed by atoms with Crippen LogP contribution in [0.25, 0.3) is 11.6 Å². The first-order valence-corrected chi connectivity index (χ1v) is 4.96. The number of hydrogen-bond acceptors (Lipinski definition) is 3. The lowest BCUT2D eigenvalue weighted by atomic mass is 9.98. The fourth-order valence-corrected chi connectivity index (χ4v) is 1.80. The Morgan fingerprint density at radius 3 is 2.88 bits per heavy atom. The summed E-state index contributed by atoms with van der Waals surface area (Å²) in [5, 5.41) is 9.65. The van der Waals surface area contributed by atoms with Crippen molar-refractivity contribution in [2.24, 2.45) is 0 Å². The zero-order chi connectivity index (χ0) is 11.7. The first kappa shape index (κ1) is 10.5. The molecule has 3 nitrogen and oxygen atoms in total. The third-order valence-electron chi connectivity index (χ3n) is 2.60. The van der Waals surface area contributed by atoms with Crippen LogP contribution in [0.3, 0.4) is 0 Å². The summed E-state index contributed by atoms with van der Waals surface area (Å²) in [6, 6.07) is 3.36. The van der Waals surface area contributed by atoms with E-state index < -0.39 is 6.10 Å². The number of aromatic hydroxyl groups is 1. The summed E-state index contributed by atoms with van der Waals surface area (Å²) in [4.78, 5) is 10.7. The summed E-state index contributed by atoms with van der Waals surface area (Å²) in [5.74, 6) is 0.625. The van der Waals surface area contributed by atoms with Gasteiger partial charge in [0.05, 0.1) is 5.56 Å². The molecule has 16 heavy (non-hydrogen) atoms. The highest BCUT2D eigenvalue weighted by atomic mass is 16.5. The fraction of sp³-hybridized carbons (Fsp3) is 0.154. The molecule has 0 spiro atoms. The Morgan fingerprint density at radius 2 is 2.25 bits per heavy atom. The lowest BCUT2D eigenvalue weighted by molar-refractivity contribution is -0.112. The van der Waals surface area contributed by atoms with Crippen LogP contribution in [0.15, 0.2) is 24.8 Å². The molecule has 1 aromatic rings. The number of carbonyl (C=O) groups excluding carboxylic acids is 1. The molecule has 1 heterocycles. The van der Waals surface area contributed by atoms with Crippen LogP contribution >= 0.6 is 0 Å². The molecule has 1 atom stereocenters. The van der Waals surface area contributed by atoms with Crippen molar-refractivity contribution in [3.63, 3.8) is 0 Å². The summed E-state index contributed by atoms with van der Waals surface area (Å²) in [6.45, 7) is 5.53. The van der Waals surface area contributed by atoms with Gasteiger partial charge in [-0.25, -0.2) is 0 Å². The number of hydrogen-bond donors (Lipinski definition) is 1. The molecule has 1 aliphatic rings. The van der Waals surface area contributed by atoms with Crippen molar-refractivity contribution >= 4 is 17.9 Å². The second-order valence-electron chi connectivity index (χ2n) is 3.65. The number of aldehydes is 1. The topological polar surface area (TPSA) is 46.5 Å². The van der Waals surface area contributed by atoms with Gasteiger partial charge in [0.1, 0.15) is 11.5 Å². The minimum Gasteiger partial charge on any atom is -0.507 e. The molecule has 1 N–H and O–H groups in total. The van der Waals surface area contributed by atoms with Crippen LogP contribution in [0, 0.1) is 0 Å². The molecule has 1 unspecified atom stereocenters. The van der Waals surface area contributed by atoms with E-state index in [1.807, 2.05) is 6.92 Å². The molecule has 0 saturated carbocycles. The maximum Gasteiger partial charge on any atom is 0.172 e. The van der Waals surface area contributed by atoms with Crippen molar-refractivity contribution in [2.75, 3.05) is 0 Å². The quantitative estimate of drug-likeness (QED) is 0.772. The molecule has 0 fully saturated rings. The minimum absolute atomic E-state index is 0.105. The van der Waals surface area contributed by atoms with Gasteiger partial charge >= 0.3 is 0 Å². The van der Waals surface area contributed by atoms with Crippen LogP contribution in [-0.4, -0.2) is 17.5 Å². The van der Waals surface area contributed by atoms with Crippen LogP contribution < -0.4 is 4.74 Å². The van der Waals surface area contributed by atoms with E-state index in [9.17, 15) is 9.90 Å². The van der Waals surface area contributed by atoms with Crippen molar-refractivity contribution in [2.45, 2.75) is 13.0 Å². The van der Waals surface area contributed by atoms with Gasteiger partial charge < -0.3 is 9.84 Å². The number of phenols is 1. The van der Waals surface area contributed by atoms with E-state index in [0.717, 1.165) is 17.4 Å². The summed E-state index contributed by atoms with van der Waals surface area (Å²) in [6.07, 6.45) is 3.41. The molecule has 3 heteroatoms. The van der Waals surface area contributed by atoms with Crippen LogP contribution in [-0.2, 0) is 4.79 Å². The molecule has 1 aliphatic heterocycles. The summed E-state index contributed by atoms with van der Waals surface area (Å²) >= 11 is 0. The van der Waals surface area contributed by atoms with Crippen molar-refractivity contribution in [1.82, 2.24) is 0 Å². The number of fused-ring (bicyclic) bond motifs is 1. The average Bonchev–Trinajstić information content (AvgIpc) is 2.28. The number of rotatable bonds is 2. The Balaban J connectivity index is 2.64. The maximum absolute atomic E-state index is 10.7. The highest BCUT2D eigenvalue weighted by Crippen LogP contribution is 2.39. The highest BCUT2D eigenvalue weighted by molar-refractivity contribution is 5.81. The molecule has 2 rings (SSSR count). The molecule has 0 radical (unpaired) electrons. The van der Waals surface area contributed by atoms with Crippen LogP contribution in [0.2, 0.25) is 0 Å². The number of ether oxygens (including phenoxy) is 1. The Labute approximate surface area is 93.7 Å². The molecule has 1 aromatic carbocycles. The smallest absolute Gasteiger partial charge is 0.172 e. The summed E-state index contributed by atoms with van der Waals surface area (Å²) in [7, 11) is 0. The normalized spacial score (nSPS) is 18.1. The van der Waals surface area contributed by atoms with Crippen LogP contribution in [0.4, 0.5) is 0 Å². The number of carbonyl (C=O) groups is 1. The minimum atomic E-state index is -0.590. The highest BCUT2D eigenvalue weighted by Gasteiger charge is 2.21. The Morgan fingerprint density at radius 1 is 1.50 bits per heavy atom. The molecule has 0 aliphatic carbocycles. The van der Waals surface area contributed by atoms with Gasteiger partial charge in [-0.15, -0.1) is 0 Å². The number of allylic oxidation sites excluding steroid dienone is 1. The SMILES string of the molecule is C=Cc1c(O)ccc2c1OC(C=O)C=C2C. The van der Waals surface area contributed by atoms with E-state index >= 15 is 0 Å². The van der Waals surface area contributed by atoms with Gasteiger partial charge in [0.25, 0.3) is 0 Å². The molecule has 0 amide bonds. The average molecular weight is 216 g/mol. The number of benzene rings is 1. The van der Waals surface area contributed by atoms with E-state index in [0.29, 0.717) is 11.3 Å². The molecule has 0 aromatic heterocycles. The molecule has 0 saturated heterocycles. The lowest BCUT2D eigenvalue weighted by Crippen LogP contribution is -2.20. The summed E-state index contributed by atoms with van der Waals surface area (Å²) in [5.41, 5.74) is 2.36. The molecule has 82 valence electrons. The first-order valence-electron chi connectivity index (χ1n) is 4.96. The van der Waals surface area contributed by atoms with Gasteiger partial charge in [0.15, 0.2) is 12.4 Å². The summed E-state index contributed by atoms with van der Waals surface area (Å²) < 4.78 is 5.48. The van der Waals surface area contributed by atoms with Crippen molar-refractivity contribution in [1.29, 1.82) is 0 Å². The van der Waals surface area contributed by atoms with Gasteiger partial charge in [0, 0.05) is 5.56 Å². The molecular weight excluding hydrogens is 204 g/mol. The largest absolute Gasteiger partial charge is 0.507 e. The second-order valence-corrected chi connectivity index (χ2v) is 3.65. The third-order valence-corrected chi connectivity index (χ3v) is 2.60. The monoisotopic (exact) mass is 216 g/mol. The van der Waals surface area contributed by atoms with Gasteiger partial charge in [-0.2, -0.15) is 0 Å². The zero-order valence-electron chi connectivity index (χ0n) is 8.93. The van der Waals surface area contributed by atoms with Gasteiger partial charge in [-0.05, 0) is 30.7 Å². The zero-order valence-corrected chi connectivity index (χ0v) is 8.93. The Kier molecular flexibility index (Phi) is 2.52. The first-order chi connectivity index (χ1) is 7.67. The van der Waals surface area contributed by atoms with Crippen molar-refractivity contribution in [3.05, 3.63) is 35.9 Å². The van der Waals surface area contributed by atoms with E-state index in [4.69, 9.17) is 4.74 Å². The van der Waals surface area contributed by atoms with E-state index in [1.54, 1.807) is 18.2 Å². The van der Waals surface area contributed by atoms with Gasteiger partial charge in [0.2, 0.25) is 0 Å². The maximum atomic E-state index is 10.7. The Bertz CT molecular complexity index is 486. The molecule has 0 bridgehead atoms. The van der Waals surface area contributed by atoms with Gasteiger partial charge in [-0.1, -0.05) is 12.7 Å². The van der Waals surface area contributed by atoms with E-state index in [-0.39, 0.29) is 5.75 Å². The fourth-order valence-electron chi connectivity index (χ4n) is 1.80. The van der Waals surface area contributed by atoms with Crippen molar-refractivity contribution < 1.29 is 14.6 Å². The Hall–Kier alpha value is -2.03. The lowest BCUT2D eigenvalue weighted by Gasteiger charge is -2.22. The predicted octanol–water partition coefficient (Wildman–Crippen LogP) is 2.40. The van der Waals surface area contributed by atoms with E-state index in [1.165, 1.54) is 6.08 Å². The number of phenolic OH excluding ortho intramolecular Hbond substituents is 1. The predicted molar refractivity (Wildman–Crippen MR) is 62.3 cm³/mol. The van der Waals surface area contributed by atoms with Crippen LogP contribution in [0.5, 0.6) is 11.5 Å². The van der Waals surface area contributed by atoms with Gasteiger partial charge in [-0.3, -0.25) is 4.79 Å². The van der Waals surface area contributed by atoms with Crippen molar-refractivity contribution in [3.8, 4) is 11.5 Å².